The number of rotatable bonds is 4. The molecule has 0 fully saturated rings. The molecule has 1 nitrogen and oxygen atoms in total. The minimum absolute atomic E-state index is 1.03. The van der Waals surface area contributed by atoms with Gasteiger partial charge in [0.2, 0.25) is 0 Å². The predicted octanol–water partition coefficient (Wildman–Crippen LogP) is 5.49. The van der Waals surface area contributed by atoms with Crippen molar-refractivity contribution >= 4 is 16.5 Å². The molecule has 1 heteroatoms. The number of fused-ring (bicyclic) bond motifs is 3. The molecule has 1 heterocycles. The molecule has 0 atom stereocenters. The maximum absolute atomic E-state index is 4.98. The Morgan fingerprint density at radius 1 is 0.952 bits per heavy atom. The minimum Gasteiger partial charge on any atom is -0.253 e. The first-order valence-corrected chi connectivity index (χ1v) is 8.38. The van der Waals surface area contributed by atoms with E-state index in [-0.39, 0.29) is 0 Å². The van der Waals surface area contributed by atoms with Crippen LogP contribution in [0.4, 0.5) is 0 Å². The van der Waals surface area contributed by atoms with Crippen LogP contribution in [0.1, 0.15) is 62.9 Å². The van der Waals surface area contributed by atoms with Gasteiger partial charge in [-0.1, -0.05) is 45.4 Å². The Morgan fingerprint density at radius 2 is 1.76 bits per heavy atom. The van der Waals surface area contributed by atoms with Gasteiger partial charge in [-0.3, -0.25) is 4.98 Å². The Balaban J connectivity index is 2.34. The minimum atomic E-state index is 1.03. The van der Waals surface area contributed by atoms with Gasteiger partial charge in [0.1, 0.15) is 0 Å². The maximum atomic E-state index is 4.98. The molecular formula is C20H25N. The molecular weight excluding hydrogens is 254 g/mol. The number of hydrogen-bond donors (Lipinski definition) is 0. The van der Waals surface area contributed by atoms with Crippen LogP contribution in [0, 0.1) is 0 Å². The first kappa shape index (κ1) is 14.3. The van der Waals surface area contributed by atoms with Gasteiger partial charge < -0.3 is 0 Å². The lowest BCUT2D eigenvalue weighted by atomic mass is 9.95. The molecule has 0 saturated heterocycles. The summed E-state index contributed by atoms with van der Waals surface area (Å²) < 4.78 is 0. The highest BCUT2D eigenvalue weighted by molar-refractivity contribution is 5.96. The lowest BCUT2D eigenvalue weighted by molar-refractivity contribution is 0.969. The third-order valence-corrected chi connectivity index (χ3v) is 4.88. The summed E-state index contributed by atoms with van der Waals surface area (Å²) in [4.78, 5) is 4.98. The molecule has 2 aromatic rings. The molecule has 21 heavy (non-hydrogen) atoms. The highest BCUT2D eigenvalue weighted by Gasteiger charge is 2.24. The van der Waals surface area contributed by atoms with Crippen molar-refractivity contribution in [3.63, 3.8) is 0 Å². The maximum Gasteiger partial charge on any atom is 0.0714 e. The predicted molar refractivity (Wildman–Crippen MR) is 91.7 cm³/mol. The van der Waals surface area contributed by atoms with E-state index in [2.05, 4.69) is 45.9 Å². The summed E-state index contributed by atoms with van der Waals surface area (Å²) in [5.41, 5.74) is 10.1. The summed E-state index contributed by atoms with van der Waals surface area (Å²) >= 11 is 0. The summed E-state index contributed by atoms with van der Waals surface area (Å²) in [6.07, 6.45) is 5.52. The first-order chi connectivity index (χ1) is 10.2. The van der Waals surface area contributed by atoms with Crippen molar-refractivity contribution in [3.05, 3.63) is 46.2 Å². The third-order valence-electron chi connectivity index (χ3n) is 4.88. The van der Waals surface area contributed by atoms with Gasteiger partial charge >= 0.3 is 0 Å². The summed E-state index contributed by atoms with van der Waals surface area (Å²) in [5.74, 6) is 0. The van der Waals surface area contributed by atoms with Crippen LogP contribution in [0.3, 0.4) is 0 Å². The van der Waals surface area contributed by atoms with Crippen molar-refractivity contribution in [1.82, 2.24) is 4.98 Å². The van der Waals surface area contributed by atoms with Gasteiger partial charge in [-0.05, 0) is 60.4 Å². The van der Waals surface area contributed by atoms with Gasteiger partial charge in [0.25, 0.3) is 0 Å². The summed E-state index contributed by atoms with van der Waals surface area (Å²) in [6.45, 7) is 9.02. The number of aryl methyl sites for hydroxylation is 2. The molecule has 1 aliphatic carbocycles. The fourth-order valence-corrected chi connectivity index (χ4v) is 3.71. The summed E-state index contributed by atoms with van der Waals surface area (Å²) in [6, 6.07) is 6.85. The SMILES string of the molecule is CCC1=C(CC)c2c(c(CC)nc3cc(CC)ccc23)C1. The van der Waals surface area contributed by atoms with Gasteiger partial charge in [-0.2, -0.15) is 0 Å². The van der Waals surface area contributed by atoms with Crippen molar-refractivity contribution in [2.24, 2.45) is 0 Å². The normalized spacial score (nSPS) is 14.1. The molecule has 1 aliphatic rings. The fourth-order valence-electron chi connectivity index (χ4n) is 3.71. The van der Waals surface area contributed by atoms with Gasteiger partial charge in [-0.25, -0.2) is 0 Å². The second-order valence-corrected chi connectivity index (χ2v) is 5.94. The Hall–Kier alpha value is -1.63. The zero-order valence-electron chi connectivity index (χ0n) is 13.7. The number of allylic oxidation sites excluding steroid dienone is 2. The van der Waals surface area contributed by atoms with Crippen molar-refractivity contribution in [3.8, 4) is 0 Å². The van der Waals surface area contributed by atoms with Crippen molar-refractivity contribution in [2.75, 3.05) is 0 Å². The summed E-state index contributed by atoms with van der Waals surface area (Å²) in [5, 5.41) is 1.36. The Kier molecular flexibility index (Phi) is 3.84. The first-order valence-electron chi connectivity index (χ1n) is 8.38. The van der Waals surface area contributed by atoms with Crippen LogP contribution in [0.15, 0.2) is 23.8 Å². The van der Waals surface area contributed by atoms with Crippen molar-refractivity contribution < 1.29 is 0 Å². The van der Waals surface area contributed by atoms with E-state index in [4.69, 9.17) is 4.98 Å². The second kappa shape index (κ2) is 5.63. The average molecular weight is 279 g/mol. The van der Waals surface area contributed by atoms with Gasteiger partial charge in [0, 0.05) is 11.1 Å². The van der Waals surface area contributed by atoms with Gasteiger partial charge in [-0.15, -0.1) is 0 Å². The molecule has 1 aromatic heterocycles. The average Bonchev–Trinajstić information content (AvgIpc) is 2.92. The lowest BCUT2D eigenvalue weighted by Gasteiger charge is -2.13. The van der Waals surface area contributed by atoms with E-state index >= 15 is 0 Å². The number of pyridine rings is 1. The van der Waals surface area contributed by atoms with E-state index in [0.29, 0.717) is 0 Å². The fraction of sp³-hybridized carbons (Fsp3) is 0.450. The molecule has 1 aromatic carbocycles. The third kappa shape index (κ3) is 2.19. The van der Waals surface area contributed by atoms with Crippen LogP contribution in [-0.2, 0) is 19.3 Å². The number of hydrogen-bond acceptors (Lipinski definition) is 1. The molecule has 0 radical (unpaired) electrons. The van der Waals surface area contributed by atoms with Crippen LogP contribution in [0.25, 0.3) is 16.5 Å². The zero-order valence-corrected chi connectivity index (χ0v) is 13.7. The van der Waals surface area contributed by atoms with Crippen LogP contribution >= 0.6 is 0 Å². The molecule has 0 bridgehead atoms. The van der Waals surface area contributed by atoms with Crippen molar-refractivity contribution in [1.29, 1.82) is 0 Å². The second-order valence-electron chi connectivity index (χ2n) is 5.94. The van der Waals surface area contributed by atoms with E-state index in [9.17, 15) is 0 Å². The quantitative estimate of drug-likeness (QED) is 0.721. The van der Waals surface area contributed by atoms with E-state index < -0.39 is 0 Å². The van der Waals surface area contributed by atoms with E-state index in [1.54, 1.807) is 11.1 Å². The Labute approximate surface area is 128 Å². The molecule has 0 aliphatic heterocycles. The topological polar surface area (TPSA) is 12.9 Å². The number of benzene rings is 1. The molecule has 110 valence electrons. The van der Waals surface area contributed by atoms with Gasteiger partial charge in [0.15, 0.2) is 0 Å². The van der Waals surface area contributed by atoms with Gasteiger partial charge in [0.05, 0.1) is 5.52 Å². The van der Waals surface area contributed by atoms with Crippen molar-refractivity contribution in [2.45, 2.75) is 59.8 Å². The zero-order chi connectivity index (χ0) is 15.0. The largest absolute Gasteiger partial charge is 0.253 e. The number of aromatic nitrogens is 1. The smallest absolute Gasteiger partial charge is 0.0714 e. The molecule has 0 N–H and O–H groups in total. The van der Waals surface area contributed by atoms with E-state index in [1.807, 2.05) is 0 Å². The highest BCUT2D eigenvalue weighted by atomic mass is 14.7. The highest BCUT2D eigenvalue weighted by Crippen LogP contribution is 2.41. The number of nitrogens with zero attached hydrogens (tertiary/aromatic N) is 1. The van der Waals surface area contributed by atoms with Crippen LogP contribution in [-0.4, -0.2) is 4.98 Å². The van der Waals surface area contributed by atoms with E-state index in [1.165, 1.54) is 33.3 Å². The molecule has 0 amide bonds. The molecule has 3 rings (SSSR count). The standard InChI is InChI=1S/C20H25N/c1-5-13-9-10-16-19(11-13)21-18(8-4)17-12-14(6-2)15(7-3)20(16)17/h9-11H,5-8,12H2,1-4H3. The Bertz CT molecular complexity index is 722. The molecule has 0 spiro atoms. The molecule has 0 unspecified atom stereocenters. The Morgan fingerprint density at radius 3 is 2.38 bits per heavy atom. The summed E-state index contributed by atoms with van der Waals surface area (Å²) in [7, 11) is 0. The van der Waals surface area contributed by atoms with Crippen LogP contribution in [0.2, 0.25) is 0 Å². The molecule has 0 saturated carbocycles. The monoisotopic (exact) mass is 279 g/mol. The lowest BCUT2D eigenvalue weighted by Crippen LogP contribution is -2.00. The van der Waals surface area contributed by atoms with E-state index in [0.717, 1.165) is 32.1 Å². The van der Waals surface area contributed by atoms with Crippen LogP contribution in [0.5, 0.6) is 0 Å². The van der Waals surface area contributed by atoms with Crippen LogP contribution < -0.4 is 0 Å².